The van der Waals surface area contributed by atoms with Crippen LogP contribution in [0.2, 0.25) is 0 Å². The van der Waals surface area contributed by atoms with Crippen molar-refractivity contribution in [3.63, 3.8) is 0 Å². The molecule has 1 aliphatic rings. The highest BCUT2D eigenvalue weighted by molar-refractivity contribution is 9.11. The first-order valence-corrected chi connectivity index (χ1v) is 4.65. The summed E-state index contributed by atoms with van der Waals surface area (Å²) in [5.74, 6) is -0.337. The summed E-state index contributed by atoms with van der Waals surface area (Å²) in [6.45, 7) is 0. The lowest BCUT2D eigenvalue weighted by Gasteiger charge is -2.11. The zero-order chi connectivity index (χ0) is 9.14. The molecule has 0 heterocycles. The lowest BCUT2D eigenvalue weighted by atomic mass is 10.1. The maximum Gasteiger partial charge on any atom is 0.335 e. The predicted molar refractivity (Wildman–Crippen MR) is 51.1 cm³/mol. The second-order valence-electron chi connectivity index (χ2n) is 2.41. The van der Waals surface area contributed by atoms with E-state index in [-0.39, 0.29) is 5.97 Å². The van der Waals surface area contributed by atoms with E-state index in [2.05, 4.69) is 20.7 Å². The smallest absolute Gasteiger partial charge is 0.335 e. The van der Waals surface area contributed by atoms with Gasteiger partial charge in [0, 0.05) is 0 Å². The first-order valence-electron chi connectivity index (χ1n) is 3.48. The number of hydrogen-bond donors (Lipinski definition) is 0. The summed E-state index contributed by atoms with van der Waals surface area (Å²) >= 11 is 9.14. The molecule has 66 valence electrons. The summed E-state index contributed by atoms with van der Waals surface area (Å²) in [7, 11) is 1.35. The lowest BCUT2D eigenvalue weighted by molar-refractivity contribution is -0.136. The van der Waals surface area contributed by atoms with Gasteiger partial charge in [0.05, 0.1) is 17.7 Å². The Morgan fingerprint density at radius 2 is 2.33 bits per heavy atom. The standard InChI is InChI=1S/C8H8BrClO2/c1-12-8(11)6-3-2-5(9)4-7(6)10/h4H,2-3H2,1H3. The third kappa shape index (κ3) is 2.11. The van der Waals surface area contributed by atoms with E-state index in [1.807, 2.05) is 0 Å². The largest absolute Gasteiger partial charge is 0.466 e. The molecule has 0 spiro atoms. The van der Waals surface area contributed by atoms with Crippen LogP contribution in [0.15, 0.2) is 21.2 Å². The molecule has 0 radical (unpaired) electrons. The minimum Gasteiger partial charge on any atom is -0.466 e. The van der Waals surface area contributed by atoms with Crippen LogP contribution >= 0.6 is 27.5 Å². The molecule has 0 fully saturated rings. The average molecular weight is 252 g/mol. The number of rotatable bonds is 1. The molecule has 0 atom stereocenters. The summed E-state index contributed by atoms with van der Waals surface area (Å²) < 4.78 is 5.58. The van der Waals surface area contributed by atoms with Crippen molar-refractivity contribution in [1.29, 1.82) is 0 Å². The van der Waals surface area contributed by atoms with E-state index in [0.29, 0.717) is 17.0 Å². The van der Waals surface area contributed by atoms with Crippen molar-refractivity contribution in [2.45, 2.75) is 12.8 Å². The Morgan fingerprint density at radius 1 is 1.67 bits per heavy atom. The Morgan fingerprint density at radius 3 is 2.83 bits per heavy atom. The molecule has 0 N–H and O–H groups in total. The number of methoxy groups -OCH3 is 1. The third-order valence-electron chi connectivity index (χ3n) is 1.62. The fourth-order valence-electron chi connectivity index (χ4n) is 0.983. The normalized spacial score (nSPS) is 17.4. The number of carbonyl (C=O) groups is 1. The number of carbonyl (C=O) groups excluding carboxylic acids is 1. The van der Waals surface area contributed by atoms with Crippen molar-refractivity contribution >= 4 is 33.5 Å². The van der Waals surface area contributed by atoms with Crippen molar-refractivity contribution in [2.75, 3.05) is 7.11 Å². The van der Waals surface area contributed by atoms with Gasteiger partial charge in [0.1, 0.15) is 0 Å². The maximum atomic E-state index is 11.1. The van der Waals surface area contributed by atoms with E-state index in [0.717, 1.165) is 10.9 Å². The van der Waals surface area contributed by atoms with Crippen molar-refractivity contribution in [1.82, 2.24) is 0 Å². The Kier molecular flexibility index (Phi) is 3.35. The Hall–Kier alpha value is -0.280. The fraction of sp³-hybridized carbons (Fsp3) is 0.375. The number of ether oxygens (including phenoxy) is 1. The molecule has 12 heavy (non-hydrogen) atoms. The second kappa shape index (κ2) is 4.10. The summed E-state index contributed by atoms with van der Waals surface area (Å²) in [6.07, 6.45) is 3.18. The summed E-state index contributed by atoms with van der Waals surface area (Å²) in [6, 6.07) is 0. The minimum atomic E-state index is -0.337. The first-order chi connectivity index (χ1) is 5.65. The van der Waals surface area contributed by atoms with Crippen LogP contribution < -0.4 is 0 Å². The molecule has 1 rings (SSSR count). The summed E-state index contributed by atoms with van der Waals surface area (Å²) in [4.78, 5) is 11.1. The van der Waals surface area contributed by atoms with E-state index in [9.17, 15) is 4.79 Å². The molecule has 0 aliphatic heterocycles. The molecule has 4 heteroatoms. The summed E-state index contributed by atoms with van der Waals surface area (Å²) in [5.41, 5.74) is 0.558. The number of halogens is 2. The van der Waals surface area contributed by atoms with Crippen LogP contribution in [0.4, 0.5) is 0 Å². The van der Waals surface area contributed by atoms with Crippen LogP contribution in [0.1, 0.15) is 12.8 Å². The number of esters is 1. The van der Waals surface area contributed by atoms with Crippen molar-refractivity contribution < 1.29 is 9.53 Å². The molecule has 0 unspecified atom stereocenters. The van der Waals surface area contributed by atoms with E-state index < -0.39 is 0 Å². The first kappa shape index (κ1) is 9.81. The summed E-state index contributed by atoms with van der Waals surface area (Å²) in [5, 5.41) is 0.472. The maximum absolute atomic E-state index is 11.1. The monoisotopic (exact) mass is 250 g/mol. The van der Waals surface area contributed by atoms with Crippen molar-refractivity contribution in [3.05, 3.63) is 21.2 Å². The van der Waals surface area contributed by atoms with E-state index >= 15 is 0 Å². The van der Waals surface area contributed by atoms with Crippen LogP contribution in [0, 0.1) is 0 Å². The Balaban J connectivity index is 2.90. The number of hydrogen-bond acceptors (Lipinski definition) is 2. The molecule has 0 bridgehead atoms. The van der Waals surface area contributed by atoms with E-state index in [1.165, 1.54) is 7.11 Å². The van der Waals surface area contributed by atoms with Gasteiger partial charge in [-0.15, -0.1) is 0 Å². The molecular formula is C8H8BrClO2. The quantitative estimate of drug-likeness (QED) is 0.670. The highest BCUT2D eigenvalue weighted by atomic mass is 79.9. The molecule has 0 amide bonds. The SMILES string of the molecule is COC(=O)C1=C(Cl)C=C(Br)CC1. The molecule has 0 aromatic carbocycles. The molecular weight excluding hydrogens is 243 g/mol. The van der Waals surface area contributed by atoms with Gasteiger partial charge in [0.15, 0.2) is 0 Å². The number of allylic oxidation sites excluding steroid dienone is 3. The molecule has 0 saturated heterocycles. The molecule has 2 nitrogen and oxygen atoms in total. The second-order valence-corrected chi connectivity index (χ2v) is 3.84. The molecule has 0 aromatic rings. The van der Waals surface area contributed by atoms with Crippen molar-refractivity contribution in [3.8, 4) is 0 Å². The van der Waals surface area contributed by atoms with Gasteiger partial charge in [-0.1, -0.05) is 27.5 Å². The Labute approximate surface area is 84.4 Å². The lowest BCUT2D eigenvalue weighted by Crippen LogP contribution is -2.08. The Bertz CT molecular complexity index is 268. The van der Waals surface area contributed by atoms with E-state index in [4.69, 9.17) is 11.6 Å². The van der Waals surface area contributed by atoms with Crippen LogP contribution in [-0.4, -0.2) is 13.1 Å². The minimum absolute atomic E-state index is 0.337. The van der Waals surface area contributed by atoms with E-state index in [1.54, 1.807) is 6.08 Å². The van der Waals surface area contributed by atoms with Gasteiger partial charge in [-0.25, -0.2) is 4.79 Å². The third-order valence-corrected chi connectivity index (χ3v) is 2.58. The van der Waals surface area contributed by atoms with Gasteiger partial charge in [0.2, 0.25) is 0 Å². The molecule has 0 saturated carbocycles. The highest BCUT2D eigenvalue weighted by Gasteiger charge is 2.17. The average Bonchev–Trinajstić information content (AvgIpc) is 2.03. The van der Waals surface area contributed by atoms with Crippen LogP contribution in [-0.2, 0) is 9.53 Å². The van der Waals surface area contributed by atoms with Gasteiger partial charge in [-0.3, -0.25) is 0 Å². The molecule has 0 aromatic heterocycles. The van der Waals surface area contributed by atoms with Gasteiger partial charge < -0.3 is 4.74 Å². The van der Waals surface area contributed by atoms with Gasteiger partial charge >= 0.3 is 5.97 Å². The zero-order valence-electron chi connectivity index (χ0n) is 6.56. The topological polar surface area (TPSA) is 26.3 Å². The van der Waals surface area contributed by atoms with Gasteiger partial charge in [-0.05, 0) is 23.4 Å². The highest BCUT2D eigenvalue weighted by Crippen LogP contribution is 2.29. The van der Waals surface area contributed by atoms with Crippen molar-refractivity contribution in [2.24, 2.45) is 0 Å². The van der Waals surface area contributed by atoms with Crippen LogP contribution in [0.25, 0.3) is 0 Å². The predicted octanol–water partition coefficient (Wildman–Crippen LogP) is 2.72. The fourth-order valence-corrected chi connectivity index (χ4v) is 1.85. The zero-order valence-corrected chi connectivity index (χ0v) is 8.91. The van der Waals surface area contributed by atoms with Gasteiger partial charge in [-0.2, -0.15) is 0 Å². The molecule has 1 aliphatic carbocycles. The van der Waals surface area contributed by atoms with Crippen LogP contribution in [0.5, 0.6) is 0 Å². The van der Waals surface area contributed by atoms with Gasteiger partial charge in [0.25, 0.3) is 0 Å². The van der Waals surface area contributed by atoms with Crippen LogP contribution in [0.3, 0.4) is 0 Å².